The van der Waals surface area contributed by atoms with Gasteiger partial charge in [-0.05, 0) is 18.2 Å². The number of aromatic nitrogens is 2. The van der Waals surface area contributed by atoms with E-state index in [1.54, 1.807) is 36.4 Å². The molecule has 0 saturated carbocycles. The van der Waals surface area contributed by atoms with E-state index in [4.69, 9.17) is 5.26 Å². The van der Waals surface area contributed by atoms with Gasteiger partial charge in [-0.2, -0.15) is 9.99 Å². The SMILES string of the molecule is N#Cc1cccc(-c2cccc[n+]2[O-])n1. The van der Waals surface area contributed by atoms with Crippen LogP contribution in [0.1, 0.15) is 5.69 Å². The van der Waals surface area contributed by atoms with Crippen molar-refractivity contribution < 1.29 is 4.73 Å². The third-order valence-electron chi connectivity index (χ3n) is 1.95. The van der Waals surface area contributed by atoms with Gasteiger partial charge < -0.3 is 5.21 Å². The van der Waals surface area contributed by atoms with E-state index in [0.29, 0.717) is 17.1 Å². The predicted octanol–water partition coefficient (Wildman–Crippen LogP) is 1.25. The van der Waals surface area contributed by atoms with Crippen LogP contribution < -0.4 is 4.73 Å². The maximum atomic E-state index is 11.4. The fourth-order valence-electron chi connectivity index (χ4n) is 1.27. The zero-order valence-corrected chi connectivity index (χ0v) is 7.79. The molecule has 0 bridgehead atoms. The van der Waals surface area contributed by atoms with Crippen molar-refractivity contribution in [2.75, 3.05) is 0 Å². The molecule has 2 aromatic heterocycles. The summed E-state index contributed by atoms with van der Waals surface area (Å²) in [5.74, 6) is 0. The highest BCUT2D eigenvalue weighted by Gasteiger charge is 2.08. The number of nitrogens with zero attached hydrogens (tertiary/aromatic N) is 3. The molecule has 0 spiro atoms. The quantitative estimate of drug-likeness (QED) is 0.510. The second-order valence-electron chi connectivity index (χ2n) is 2.93. The van der Waals surface area contributed by atoms with Gasteiger partial charge in [-0.1, -0.05) is 6.07 Å². The fraction of sp³-hybridized carbons (Fsp3) is 0. The van der Waals surface area contributed by atoms with Crippen LogP contribution in [0.4, 0.5) is 0 Å². The Balaban J connectivity index is 2.55. The standard InChI is InChI=1S/C11H7N3O/c12-8-9-4-3-5-10(13-9)11-6-1-2-7-14(11)15/h1-7H. The summed E-state index contributed by atoms with van der Waals surface area (Å²) in [6.07, 6.45) is 1.40. The summed E-state index contributed by atoms with van der Waals surface area (Å²) in [5, 5.41) is 20.1. The van der Waals surface area contributed by atoms with E-state index in [-0.39, 0.29) is 0 Å². The van der Waals surface area contributed by atoms with E-state index in [0.717, 1.165) is 4.73 Å². The zero-order chi connectivity index (χ0) is 10.7. The van der Waals surface area contributed by atoms with Crippen molar-refractivity contribution in [2.24, 2.45) is 0 Å². The molecule has 0 saturated heterocycles. The molecule has 0 atom stereocenters. The average Bonchev–Trinajstić information content (AvgIpc) is 2.30. The van der Waals surface area contributed by atoms with Gasteiger partial charge in [0.1, 0.15) is 17.5 Å². The van der Waals surface area contributed by atoms with Crippen LogP contribution >= 0.6 is 0 Å². The molecule has 0 radical (unpaired) electrons. The maximum absolute atomic E-state index is 11.4. The van der Waals surface area contributed by atoms with Gasteiger partial charge in [0.15, 0.2) is 6.20 Å². The van der Waals surface area contributed by atoms with Crippen molar-refractivity contribution >= 4 is 0 Å². The number of pyridine rings is 2. The Bertz CT molecular complexity index is 531. The summed E-state index contributed by atoms with van der Waals surface area (Å²) in [6, 6.07) is 12.0. The van der Waals surface area contributed by atoms with E-state index in [2.05, 4.69) is 4.98 Å². The summed E-state index contributed by atoms with van der Waals surface area (Å²) in [5.41, 5.74) is 1.25. The van der Waals surface area contributed by atoms with Crippen molar-refractivity contribution in [3.63, 3.8) is 0 Å². The van der Waals surface area contributed by atoms with Gasteiger partial charge in [0, 0.05) is 12.1 Å². The minimum Gasteiger partial charge on any atom is -0.618 e. The molecule has 15 heavy (non-hydrogen) atoms. The molecular weight excluding hydrogens is 190 g/mol. The highest BCUT2D eigenvalue weighted by atomic mass is 16.5. The third kappa shape index (κ3) is 1.76. The molecular formula is C11H7N3O. The molecule has 0 amide bonds. The molecule has 0 N–H and O–H groups in total. The molecule has 0 aromatic carbocycles. The highest BCUT2D eigenvalue weighted by Crippen LogP contribution is 2.11. The van der Waals surface area contributed by atoms with Crippen molar-refractivity contribution in [3.05, 3.63) is 53.5 Å². The third-order valence-corrected chi connectivity index (χ3v) is 1.95. The van der Waals surface area contributed by atoms with Crippen LogP contribution in [-0.2, 0) is 0 Å². The largest absolute Gasteiger partial charge is 0.618 e. The van der Waals surface area contributed by atoms with E-state index < -0.39 is 0 Å². The molecule has 0 aliphatic rings. The van der Waals surface area contributed by atoms with Gasteiger partial charge in [0.2, 0.25) is 5.69 Å². The average molecular weight is 197 g/mol. The second kappa shape index (κ2) is 3.76. The van der Waals surface area contributed by atoms with Crippen LogP contribution in [0.25, 0.3) is 11.4 Å². The molecule has 4 heteroatoms. The molecule has 0 fully saturated rings. The van der Waals surface area contributed by atoms with E-state index in [1.807, 2.05) is 6.07 Å². The Labute approximate surface area is 86.6 Å². The van der Waals surface area contributed by atoms with E-state index >= 15 is 0 Å². The molecule has 4 nitrogen and oxygen atoms in total. The van der Waals surface area contributed by atoms with Gasteiger partial charge in [0.05, 0.1) is 0 Å². The van der Waals surface area contributed by atoms with Gasteiger partial charge >= 0.3 is 0 Å². The smallest absolute Gasteiger partial charge is 0.242 e. The van der Waals surface area contributed by atoms with Crippen LogP contribution in [0, 0.1) is 16.5 Å². The van der Waals surface area contributed by atoms with Crippen molar-refractivity contribution in [1.82, 2.24) is 4.98 Å². The Hall–Kier alpha value is -2.41. The number of nitriles is 1. The second-order valence-corrected chi connectivity index (χ2v) is 2.93. The lowest BCUT2D eigenvalue weighted by Crippen LogP contribution is -2.28. The number of hydrogen-bond donors (Lipinski definition) is 0. The maximum Gasteiger partial charge on any atom is 0.242 e. The minimum atomic E-state index is 0.302. The molecule has 0 aliphatic carbocycles. The number of hydrogen-bond acceptors (Lipinski definition) is 3. The molecule has 72 valence electrons. The lowest BCUT2D eigenvalue weighted by molar-refractivity contribution is -0.593. The first-order valence-electron chi connectivity index (χ1n) is 4.37. The van der Waals surface area contributed by atoms with Gasteiger partial charge in [-0.15, -0.1) is 0 Å². The summed E-state index contributed by atoms with van der Waals surface area (Å²) < 4.78 is 0.726. The Morgan fingerprint density at radius 1 is 1.20 bits per heavy atom. The van der Waals surface area contributed by atoms with E-state index in [9.17, 15) is 5.21 Å². The van der Waals surface area contributed by atoms with Crippen molar-refractivity contribution in [1.29, 1.82) is 5.26 Å². The van der Waals surface area contributed by atoms with Crippen LogP contribution in [0.2, 0.25) is 0 Å². The number of rotatable bonds is 1. The van der Waals surface area contributed by atoms with Gasteiger partial charge in [0.25, 0.3) is 0 Å². The molecule has 0 unspecified atom stereocenters. The monoisotopic (exact) mass is 197 g/mol. The lowest BCUT2D eigenvalue weighted by atomic mass is 10.2. The molecule has 2 aromatic rings. The Kier molecular flexibility index (Phi) is 2.30. The van der Waals surface area contributed by atoms with E-state index in [1.165, 1.54) is 6.20 Å². The van der Waals surface area contributed by atoms with Gasteiger partial charge in [-0.3, -0.25) is 0 Å². The fourth-order valence-corrected chi connectivity index (χ4v) is 1.27. The summed E-state index contributed by atoms with van der Waals surface area (Å²) >= 11 is 0. The molecule has 0 aliphatic heterocycles. The summed E-state index contributed by atoms with van der Waals surface area (Å²) in [4.78, 5) is 4.04. The Morgan fingerprint density at radius 2 is 2.07 bits per heavy atom. The first-order chi connectivity index (χ1) is 7.31. The normalized spacial score (nSPS) is 9.53. The van der Waals surface area contributed by atoms with Crippen LogP contribution in [0.15, 0.2) is 42.6 Å². The highest BCUT2D eigenvalue weighted by molar-refractivity contribution is 5.51. The predicted molar refractivity (Wildman–Crippen MR) is 53.3 cm³/mol. The van der Waals surface area contributed by atoms with Crippen LogP contribution in [0.5, 0.6) is 0 Å². The summed E-state index contributed by atoms with van der Waals surface area (Å²) in [7, 11) is 0. The summed E-state index contributed by atoms with van der Waals surface area (Å²) in [6.45, 7) is 0. The topological polar surface area (TPSA) is 63.6 Å². The Morgan fingerprint density at radius 3 is 2.80 bits per heavy atom. The van der Waals surface area contributed by atoms with Gasteiger partial charge in [-0.25, -0.2) is 4.98 Å². The van der Waals surface area contributed by atoms with Crippen molar-refractivity contribution in [2.45, 2.75) is 0 Å². The minimum absolute atomic E-state index is 0.302. The zero-order valence-electron chi connectivity index (χ0n) is 7.79. The van der Waals surface area contributed by atoms with Crippen molar-refractivity contribution in [3.8, 4) is 17.5 Å². The first kappa shape index (κ1) is 9.16. The first-order valence-corrected chi connectivity index (χ1v) is 4.37. The molecule has 2 rings (SSSR count). The lowest BCUT2D eigenvalue weighted by Gasteiger charge is -2.02. The molecule has 2 heterocycles. The van der Waals surface area contributed by atoms with Crippen LogP contribution in [0.3, 0.4) is 0 Å². The van der Waals surface area contributed by atoms with Crippen LogP contribution in [-0.4, -0.2) is 4.98 Å².